The van der Waals surface area contributed by atoms with Crippen LogP contribution in [-0.4, -0.2) is 37.3 Å². The summed E-state index contributed by atoms with van der Waals surface area (Å²) in [6.07, 6.45) is 2.02. The minimum atomic E-state index is 0.400. The number of H-pyrrole nitrogens is 1. The third-order valence-corrected chi connectivity index (χ3v) is 3.13. The number of morpholine rings is 1. The number of hydrogen-bond acceptors (Lipinski definition) is 3. The minimum absolute atomic E-state index is 0.400. The molecule has 1 aliphatic rings. The van der Waals surface area contributed by atoms with Crippen molar-refractivity contribution in [3.63, 3.8) is 0 Å². The third kappa shape index (κ3) is 2.28. The molecule has 1 unspecified atom stereocenters. The molecule has 3 N–H and O–H groups in total. The second-order valence-electron chi connectivity index (χ2n) is 4.35. The molecule has 1 aromatic carbocycles. The fourth-order valence-electron chi connectivity index (χ4n) is 2.20. The predicted octanol–water partition coefficient (Wildman–Crippen LogP) is 1.57. The Morgan fingerprint density at radius 1 is 1.35 bits per heavy atom. The summed E-state index contributed by atoms with van der Waals surface area (Å²) in [5, 5.41) is 8.14. The molecule has 0 radical (unpaired) electrons. The van der Waals surface area contributed by atoms with Crippen molar-refractivity contribution >= 4 is 16.6 Å². The van der Waals surface area contributed by atoms with E-state index in [1.54, 1.807) is 0 Å². The molecule has 1 aromatic heterocycles. The van der Waals surface area contributed by atoms with Crippen LogP contribution < -0.4 is 10.6 Å². The van der Waals surface area contributed by atoms with Crippen molar-refractivity contribution in [2.24, 2.45) is 0 Å². The van der Waals surface area contributed by atoms with E-state index in [0.29, 0.717) is 6.04 Å². The van der Waals surface area contributed by atoms with Gasteiger partial charge in [-0.2, -0.15) is 0 Å². The van der Waals surface area contributed by atoms with E-state index in [4.69, 9.17) is 4.74 Å². The van der Waals surface area contributed by atoms with Gasteiger partial charge >= 0.3 is 0 Å². The van der Waals surface area contributed by atoms with Crippen molar-refractivity contribution in [3.8, 4) is 0 Å². The Hall–Kier alpha value is -1.52. The molecule has 90 valence electrons. The first-order chi connectivity index (χ1) is 8.43. The Balaban J connectivity index is 1.68. The molecule has 1 saturated heterocycles. The zero-order valence-corrected chi connectivity index (χ0v) is 9.70. The molecule has 4 nitrogen and oxygen atoms in total. The Morgan fingerprint density at radius 3 is 3.18 bits per heavy atom. The molecular formula is C13H17N3O. The Bertz CT molecular complexity index is 488. The van der Waals surface area contributed by atoms with Gasteiger partial charge in [0.1, 0.15) is 0 Å². The van der Waals surface area contributed by atoms with Crippen molar-refractivity contribution in [1.29, 1.82) is 0 Å². The number of anilines is 1. The van der Waals surface area contributed by atoms with Crippen molar-refractivity contribution in [1.82, 2.24) is 10.3 Å². The lowest BCUT2D eigenvalue weighted by Gasteiger charge is -2.24. The van der Waals surface area contributed by atoms with Crippen LogP contribution in [0, 0.1) is 0 Å². The van der Waals surface area contributed by atoms with Crippen LogP contribution in [-0.2, 0) is 4.74 Å². The predicted molar refractivity (Wildman–Crippen MR) is 69.4 cm³/mol. The van der Waals surface area contributed by atoms with Crippen molar-refractivity contribution in [2.75, 3.05) is 31.6 Å². The number of ether oxygens (including phenoxy) is 1. The molecule has 2 heterocycles. The molecule has 0 saturated carbocycles. The van der Waals surface area contributed by atoms with Crippen LogP contribution in [0.15, 0.2) is 30.5 Å². The van der Waals surface area contributed by atoms with Crippen LogP contribution in [0.2, 0.25) is 0 Å². The smallest absolute Gasteiger partial charge is 0.0637 e. The van der Waals surface area contributed by atoms with Crippen molar-refractivity contribution < 1.29 is 4.74 Å². The van der Waals surface area contributed by atoms with Gasteiger partial charge in [0, 0.05) is 36.2 Å². The molecule has 1 fully saturated rings. The number of rotatable bonds is 3. The summed E-state index contributed by atoms with van der Waals surface area (Å²) in [6, 6.07) is 8.71. The van der Waals surface area contributed by atoms with Gasteiger partial charge in [-0.15, -0.1) is 0 Å². The summed E-state index contributed by atoms with van der Waals surface area (Å²) in [5.41, 5.74) is 2.33. The van der Waals surface area contributed by atoms with Crippen LogP contribution in [0.1, 0.15) is 0 Å². The van der Waals surface area contributed by atoms with Gasteiger partial charge in [0.2, 0.25) is 0 Å². The van der Waals surface area contributed by atoms with Crippen LogP contribution in [0.25, 0.3) is 10.9 Å². The number of aromatic amines is 1. The summed E-state index contributed by atoms with van der Waals surface area (Å²) in [7, 11) is 0. The van der Waals surface area contributed by atoms with Crippen molar-refractivity contribution in [3.05, 3.63) is 30.5 Å². The molecule has 0 aliphatic carbocycles. The average molecular weight is 231 g/mol. The highest BCUT2D eigenvalue weighted by Gasteiger charge is 2.12. The zero-order valence-electron chi connectivity index (χ0n) is 9.70. The van der Waals surface area contributed by atoms with Gasteiger partial charge in [0.15, 0.2) is 0 Å². The number of nitrogens with one attached hydrogen (secondary N) is 3. The van der Waals surface area contributed by atoms with E-state index in [1.807, 2.05) is 12.3 Å². The summed E-state index contributed by atoms with van der Waals surface area (Å²) < 4.78 is 5.43. The second-order valence-corrected chi connectivity index (χ2v) is 4.35. The lowest BCUT2D eigenvalue weighted by molar-refractivity contribution is 0.0807. The standard InChI is InChI=1S/C13H17N3O/c1-2-4-12-11(3-1)13(8-16-12)15-7-10-9-17-6-5-14-10/h1-4,8,10,14-16H,5-7,9H2. The molecule has 4 heteroatoms. The first-order valence-electron chi connectivity index (χ1n) is 6.04. The number of para-hydroxylation sites is 1. The fraction of sp³-hybridized carbons (Fsp3) is 0.385. The summed E-state index contributed by atoms with van der Waals surface area (Å²) >= 11 is 0. The Labute approximate surface area is 100 Å². The highest BCUT2D eigenvalue weighted by atomic mass is 16.5. The highest BCUT2D eigenvalue weighted by Crippen LogP contribution is 2.22. The first kappa shape index (κ1) is 10.6. The summed E-state index contributed by atoms with van der Waals surface area (Å²) in [5.74, 6) is 0. The fourth-order valence-corrected chi connectivity index (χ4v) is 2.20. The molecule has 2 aromatic rings. The van der Waals surface area contributed by atoms with Gasteiger partial charge in [-0.1, -0.05) is 18.2 Å². The minimum Gasteiger partial charge on any atom is -0.382 e. The SMILES string of the molecule is c1ccc2c(NCC3COCCN3)c[nH]c2c1. The third-order valence-electron chi connectivity index (χ3n) is 3.13. The normalized spacial score (nSPS) is 20.6. The molecule has 1 atom stereocenters. The van der Waals surface area contributed by atoms with E-state index < -0.39 is 0 Å². The number of hydrogen-bond donors (Lipinski definition) is 3. The van der Waals surface area contributed by atoms with Gasteiger partial charge < -0.3 is 20.4 Å². The van der Waals surface area contributed by atoms with Crippen LogP contribution in [0.4, 0.5) is 5.69 Å². The number of benzene rings is 1. The van der Waals surface area contributed by atoms with E-state index in [1.165, 1.54) is 10.9 Å². The van der Waals surface area contributed by atoms with Gasteiger partial charge in [0.25, 0.3) is 0 Å². The van der Waals surface area contributed by atoms with Crippen LogP contribution >= 0.6 is 0 Å². The van der Waals surface area contributed by atoms with E-state index in [0.717, 1.165) is 32.0 Å². The molecular weight excluding hydrogens is 214 g/mol. The molecule has 0 amide bonds. The van der Waals surface area contributed by atoms with Gasteiger partial charge in [-0.25, -0.2) is 0 Å². The van der Waals surface area contributed by atoms with Gasteiger partial charge in [-0.05, 0) is 6.07 Å². The second kappa shape index (κ2) is 4.77. The van der Waals surface area contributed by atoms with E-state index in [-0.39, 0.29) is 0 Å². The maximum Gasteiger partial charge on any atom is 0.0637 e. The van der Waals surface area contributed by atoms with E-state index in [2.05, 4.69) is 33.8 Å². The Kier molecular flexibility index (Phi) is 2.98. The monoisotopic (exact) mass is 231 g/mol. The lowest BCUT2D eigenvalue weighted by Crippen LogP contribution is -2.45. The van der Waals surface area contributed by atoms with Crippen LogP contribution in [0.3, 0.4) is 0 Å². The summed E-state index contributed by atoms with van der Waals surface area (Å²) in [4.78, 5) is 3.26. The summed E-state index contributed by atoms with van der Waals surface area (Å²) in [6.45, 7) is 3.45. The highest BCUT2D eigenvalue weighted by molar-refractivity contribution is 5.92. The average Bonchev–Trinajstić information content (AvgIpc) is 2.81. The topological polar surface area (TPSA) is 49.1 Å². The number of aromatic nitrogens is 1. The maximum atomic E-state index is 5.43. The van der Waals surface area contributed by atoms with Crippen molar-refractivity contribution in [2.45, 2.75) is 6.04 Å². The largest absolute Gasteiger partial charge is 0.382 e. The maximum absolute atomic E-state index is 5.43. The zero-order chi connectivity index (χ0) is 11.5. The lowest BCUT2D eigenvalue weighted by atomic mass is 10.2. The quantitative estimate of drug-likeness (QED) is 0.751. The first-order valence-corrected chi connectivity index (χ1v) is 6.04. The number of fused-ring (bicyclic) bond motifs is 1. The molecule has 0 bridgehead atoms. The van der Waals surface area contributed by atoms with E-state index in [9.17, 15) is 0 Å². The van der Waals surface area contributed by atoms with Gasteiger partial charge in [0.05, 0.1) is 18.9 Å². The Morgan fingerprint density at radius 2 is 2.29 bits per heavy atom. The molecule has 1 aliphatic heterocycles. The molecule has 0 spiro atoms. The molecule has 3 rings (SSSR count). The molecule has 17 heavy (non-hydrogen) atoms. The van der Waals surface area contributed by atoms with Crippen LogP contribution in [0.5, 0.6) is 0 Å². The van der Waals surface area contributed by atoms with E-state index >= 15 is 0 Å². The van der Waals surface area contributed by atoms with Gasteiger partial charge in [-0.3, -0.25) is 0 Å².